The molecule has 3 aromatic rings. The minimum absolute atomic E-state index is 0.0937. The molecule has 1 N–H and O–H groups in total. The highest BCUT2D eigenvalue weighted by atomic mass is 16.5. The SMILES string of the molecule is COc1cc(C(C)c2ccccc2)c(O)cc1C(C)c1ccccc1. The first-order valence-corrected chi connectivity index (χ1v) is 8.62. The maximum atomic E-state index is 10.7. The standard InChI is InChI=1S/C23H24O2/c1-16(18-10-6-4-7-11-18)20-15-23(25-3)21(14-22(20)24)17(2)19-12-8-5-9-13-19/h4-17,24H,1-3H3. The summed E-state index contributed by atoms with van der Waals surface area (Å²) in [6.45, 7) is 4.23. The van der Waals surface area contributed by atoms with Gasteiger partial charge in [-0.1, -0.05) is 74.5 Å². The number of phenols is 1. The molecule has 0 saturated carbocycles. The van der Waals surface area contributed by atoms with E-state index in [-0.39, 0.29) is 11.8 Å². The van der Waals surface area contributed by atoms with Gasteiger partial charge in [0.1, 0.15) is 11.5 Å². The number of benzene rings is 3. The normalized spacial score (nSPS) is 13.2. The third-order valence-electron chi connectivity index (χ3n) is 4.91. The Bertz CT molecular complexity index is 825. The van der Waals surface area contributed by atoms with Crippen molar-refractivity contribution in [3.8, 4) is 11.5 Å². The monoisotopic (exact) mass is 332 g/mol. The van der Waals surface area contributed by atoms with Gasteiger partial charge in [-0.05, 0) is 23.3 Å². The number of hydrogen-bond acceptors (Lipinski definition) is 2. The van der Waals surface area contributed by atoms with Crippen molar-refractivity contribution in [2.24, 2.45) is 0 Å². The van der Waals surface area contributed by atoms with Gasteiger partial charge in [-0.2, -0.15) is 0 Å². The lowest BCUT2D eigenvalue weighted by molar-refractivity contribution is 0.403. The van der Waals surface area contributed by atoms with Crippen molar-refractivity contribution >= 4 is 0 Å². The molecule has 3 rings (SSSR count). The quantitative estimate of drug-likeness (QED) is 0.649. The van der Waals surface area contributed by atoms with Crippen LogP contribution in [0.1, 0.15) is 47.9 Å². The van der Waals surface area contributed by atoms with Crippen molar-refractivity contribution in [3.63, 3.8) is 0 Å². The predicted octanol–water partition coefficient (Wildman–Crippen LogP) is 5.70. The van der Waals surface area contributed by atoms with E-state index in [1.165, 1.54) is 11.1 Å². The molecule has 3 aromatic carbocycles. The fraction of sp³-hybridized carbons (Fsp3) is 0.217. The van der Waals surface area contributed by atoms with Crippen LogP contribution in [0, 0.1) is 0 Å². The van der Waals surface area contributed by atoms with Gasteiger partial charge in [-0.25, -0.2) is 0 Å². The Morgan fingerprint density at radius 1 is 0.720 bits per heavy atom. The molecular formula is C23H24O2. The van der Waals surface area contributed by atoms with E-state index in [4.69, 9.17) is 4.74 Å². The van der Waals surface area contributed by atoms with Crippen molar-refractivity contribution in [2.75, 3.05) is 7.11 Å². The van der Waals surface area contributed by atoms with E-state index >= 15 is 0 Å². The molecule has 0 heterocycles. The Balaban J connectivity index is 2.02. The highest BCUT2D eigenvalue weighted by Crippen LogP contribution is 2.40. The summed E-state index contributed by atoms with van der Waals surface area (Å²) in [5, 5.41) is 10.7. The molecule has 0 fully saturated rings. The van der Waals surface area contributed by atoms with Gasteiger partial charge in [0, 0.05) is 23.0 Å². The Kier molecular flexibility index (Phi) is 5.08. The summed E-state index contributed by atoms with van der Waals surface area (Å²) in [5.74, 6) is 1.36. The van der Waals surface area contributed by atoms with E-state index in [9.17, 15) is 5.11 Å². The molecule has 2 atom stereocenters. The van der Waals surface area contributed by atoms with E-state index in [2.05, 4.69) is 38.1 Å². The highest BCUT2D eigenvalue weighted by molar-refractivity contribution is 5.52. The summed E-state index contributed by atoms with van der Waals surface area (Å²) in [4.78, 5) is 0. The number of aromatic hydroxyl groups is 1. The molecule has 0 amide bonds. The van der Waals surface area contributed by atoms with Gasteiger partial charge < -0.3 is 9.84 Å². The largest absolute Gasteiger partial charge is 0.508 e. The topological polar surface area (TPSA) is 29.5 Å². The van der Waals surface area contributed by atoms with E-state index in [0.29, 0.717) is 5.75 Å². The predicted molar refractivity (Wildman–Crippen MR) is 103 cm³/mol. The molecule has 0 aliphatic heterocycles. The maximum absolute atomic E-state index is 10.7. The zero-order valence-electron chi connectivity index (χ0n) is 14.9. The number of methoxy groups -OCH3 is 1. The van der Waals surface area contributed by atoms with E-state index in [1.54, 1.807) is 7.11 Å². The van der Waals surface area contributed by atoms with Gasteiger partial charge in [0.15, 0.2) is 0 Å². The van der Waals surface area contributed by atoms with E-state index < -0.39 is 0 Å². The second-order valence-corrected chi connectivity index (χ2v) is 6.42. The number of phenolic OH excluding ortho intramolecular Hbond substituents is 1. The van der Waals surface area contributed by atoms with Crippen LogP contribution in [0.4, 0.5) is 0 Å². The van der Waals surface area contributed by atoms with Crippen LogP contribution >= 0.6 is 0 Å². The van der Waals surface area contributed by atoms with Crippen molar-refractivity contribution < 1.29 is 9.84 Å². The van der Waals surface area contributed by atoms with Crippen LogP contribution in [0.25, 0.3) is 0 Å². The molecule has 0 aliphatic carbocycles. The number of rotatable bonds is 5. The molecule has 0 spiro atoms. The molecule has 2 unspecified atom stereocenters. The second-order valence-electron chi connectivity index (χ2n) is 6.42. The average molecular weight is 332 g/mol. The van der Waals surface area contributed by atoms with Gasteiger partial charge in [0.25, 0.3) is 0 Å². The second kappa shape index (κ2) is 7.43. The Morgan fingerprint density at radius 2 is 1.20 bits per heavy atom. The first kappa shape index (κ1) is 17.1. The van der Waals surface area contributed by atoms with Crippen LogP contribution < -0.4 is 4.74 Å². The van der Waals surface area contributed by atoms with Crippen molar-refractivity contribution in [1.29, 1.82) is 0 Å². The average Bonchev–Trinajstić information content (AvgIpc) is 2.68. The molecule has 0 aromatic heterocycles. The van der Waals surface area contributed by atoms with Crippen LogP contribution in [-0.2, 0) is 0 Å². The Labute approximate surface area is 149 Å². The first-order chi connectivity index (χ1) is 12.1. The summed E-state index contributed by atoms with van der Waals surface area (Å²) >= 11 is 0. The molecule has 128 valence electrons. The van der Waals surface area contributed by atoms with E-state index in [0.717, 1.165) is 16.9 Å². The lowest BCUT2D eigenvalue weighted by atomic mass is 9.87. The zero-order chi connectivity index (χ0) is 17.8. The lowest BCUT2D eigenvalue weighted by Crippen LogP contribution is -2.03. The summed E-state index contributed by atoms with van der Waals surface area (Å²) in [6.07, 6.45) is 0. The fourth-order valence-corrected chi connectivity index (χ4v) is 3.30. The summed E-state index contributed by atoms with van der Waals surface area (Å²) in [6, 6.07) is 24.3. The minimum atomic E-state index is 0.0937. The van der Waals surface area contributed by atoms with Crippen molar-refractivity contribution in [2.45, 2.75) is 25.7 Å². The fourth-order valence-electron chi connectivity index (χ4n) is 3.30. The first-order valence-electron chi connectivity index (χ1n) is 8.62. The van der Waals surface area contributed by atoms with Gasteiger partial charge in [-0.3, -0.25) is 0 Å². The van der Waals surface area contributed by atoms with Gasteiger partial charge in [-0.15, -0.1) is 0 Å². The molecule has 2 heteroatoms. The highest BCUT2D eigenvalue weighted by Gasteiger charge is 2.20. The smallest absolute Gasteiger partial charge is 0.123 e. The van der Waals surface area contributed by atoms with Crippen LogP contribution in [0.2, 0.25) is 0 Å². The zero-order valence-corrected chi connectivity index (χ0v) is 14.9. The summed E-state index contributed by atoms with van der Waals surface area (Å²) in [7, 11) is 1.69. The molecular weight excluding hydrogens is 308 g/mol. The van der Waals surface area contributed by atoms with Crippen LogP contribution in [0.3, 0.4) is 0 Å². The van der Waals surface area contributed by atoms with Crippen molar-refractivity contribution in [3.05, 3.63) is 95.1 Å². The third kappa shape index (κ3) is 3.53. The van der Waals surface area contributed by atoms with Gasteiger partial charge >= 0.3 is 0 Å². The molecule has 2 nitrogen and oxygen atoms in total. The van der Waals surface area contributed by atoms with Crippen LogP contribution in [0.15, 0.2) is 72.8 Å². The van der Waals surface area contributed by atoms with Crippen LogP contribution in [0.5, 0.6) is 11.5 Å². The van der Waals surface area contributed by atoms with Crippen molar-refractivity contribution in [1.82, 2.24) is 0 Å². The Hall–Kier alpha value is -2.74. The minimum Gasteiger partial charge on any atom is -0.508 e. The van der Waals surface area contributed by atoms with E-state index in [1.807, 2.05) is 48.5 Å². The van der Waals surface area contributed by atoms with Crippen LogP contribution in [-0.4, -0.2) is 12.2 Å². The maximum Gasteiger partial charge on any atom is 0.123 e. The molecule has 25 heavy (non-hydrogen) atoms. The molecule has 0 aliphatic rings. The third-order valence-corrected chi connectivity index (χ3v) is 4.91. The van der Waals surface area contributed by atoms with Gasteiger partial charge in [0.05, 0.1) is 7.11 Å². The van der Waals surface area contributed by atoms with Gasteiger partial charge in [0.2, 0.25) is 0 Å². The summed E-state index contributed by atoms with van der Waals surface area (Å²) in [5.41, 5.74) is 4.25. The lowest BCUT2D eigenvalue weighted by Gasteiger charge is -2.21. The summed E-state index contributed by atoms with van der Waals surface area (Å²) < 4.78 is 5.66. The number of hydrogen-bond donors (Lipinski definition) is 1. The molecule has 0 saturated heterocycles. The molecule has 0 bridgehead atoms. The molecule has 0 radical (unpaired) electrons. The number of ether oxygens (including phenoxy) is 1. The Morgan fingerprint density at radius 3 is 1.68 bits per heavy atom.